The molecule has 2 heterocycles. The molecule has 102 valence electrons. The first-order chi connectivity index (χ1) is 9.58. The molecule has 0 bridgehead atoms. The van der Waals surface area contributed by atoms with Gasteiger partial charge in [0.2, 0.25) is 0 Å². The van der Waals surface area contributed by atoms with Crippen LogP contribution in [-0.2, 0) is 0 Å². The van der Waals surface area contributed by atoms with Crippen LogP contribution in [0.2, 0.25) is 0 Å². The van der Waals surface area contributed by atoms with Crippen LogP contribution in [0.15, 0.2) is 47.1 Å². The number of aromatic nitrogens is 2. The standard InChI is InChI=1S/C16H16BrN3/c1-11-6-4-7-12(10-11)16-18-15(17)13-8-5-9-14(19(2)3)20(13)16/h4-10H,1-3H3. The van der Waals surface area contributed by atoms with E-state index in [1.807, 2.05) is 14.1 Å². The van der Waals surface area contributed by atoms with Gasteiger partial charge in [0.25, 0.3) is 0 Å². The van der Waals surface area contributed by atoms with E-state index in [4.69, 9.17) is 4.98 Å². The van der Waals surface area contributed by atoms with Gasteiger partial charge in [0.15, 0.2) is 0 Å². The minimum atomic E-state index is 0.873. The van der Waals surface area contributed by atoms with E-state index in [-0.39, 0.29) is 0 Å². The second-order valence-electron chi connectivity index (χ2n) is 5.09. The third-order valence-electron chi connectivity index (χ3n) is 3.33. The molecule has 0 fully saturated rings. The minimum absolute atomic E-state index is 0.873. The highest BCUT2D eigenvalue weighted by Gasteiger charge is 2.14. The fourth-order valence-electron chi connectivity index (χ4n) is 2.41. The quantitative estimate of drug-likeness (QED) is 0.704. The summed E-state index contributed by atoms with van der Waals surface area (Å²) in [6.07, 6.45) is 0. The van der Waals surface area contributed by atoms with Gasteiger partial charge in [-0.15, -0.1) is 0 Å². The van der Waals surface area contributed by atoms with E-state index in [0.717, 1.165) is 27.3 Å². The van der Waals surface area contributed by atoms with Crippen molar-refractivity contribution in [2.45, 2.75) is 6.92 Å². The molecule has 0 N–H and O–H groups in total. The van der Waals surface area contributed by atoms with E-state index in [9.17, 15) is 0 Å². The smallest absolute Gasteiger partial charge is 0.147 e. The van der Waals surface area contributed by atoms with Crippen molar-refractivity contribution in [3.8, 4) is 11.4 Å². The maximum atomic E-state index is 4.70. The number of rotatable bonds is 2. The lowest BCUT2D eigenvalue weighted by atomic mass is 10.1. The molecule has 0 radical (unpaired) electrons. The van der Waals surface area contributed by atoms with Gasteiger partial charge in [-0.05, 0) is 41.1 Å². The van der Waals surface area contributed by atoms with Crippen LogP contribution in [0.1, 0.15) is 5.56 Å². The highest BCUT2D eigenvalue weighted by molar-refractivity contribution is 9.10. The fraction of sp³-hybridized carbons (Fsp3) is 0.188. The Morgan fingerprint density at radius 1 is 1.10 bits per heavy atom. The maximum absolute atomic E-state index is 4.70. The zero-order chi connectivity index (χ0) is 14.3. The molecular formula is C16H16BrN3. The van der Waals surface area contributed by atoms with Crippen molar-refractivity contribution >= 4 is 27.3 Å². The van der Waals surface area contributed by atoms with Crippen molar-refractivity contribution in [1.29, 1.82) is 0 Å². The van der Waals surface area contributed by atoms with E-state index in [2.05, 4.69) is 74.6 Å². The van der Waals surface area contributed by atoms with Gasteiger partial charge in [-0.25, -0.2) is 4.98 Å². The van der Waals surface area contributed by atoms with Crippen LogP contribution >= 0.6 is 15.9 Å². The molecule has 1 aromatic carbocycles. The fourth-order valence-corrected chi connectivity index (χ4v) is 2.89. The topological polar surface area (TPSA) is 20.5 Å². The summed E-state index contributed by atoms with van der Waals surface area (Å²) < 4.78 is 3.05. The molecule has 0 saturated carbocycles. The molecule has 3 rings (SSSR count). The Kier molecular flexibility index (Phi) is 3.26. The second kappa shape index (κ2) is 4.94. The third-order valence-corrected chi connectivity index (χ3v) is 3.91. The Hall–Kier alpha value is -1.81. The van der Waals surface area contributed by atoms with E-state index in [1.165, 1.54) is 5.56 Å². The lowest BCUT2D eigenvalue weighted by Gasteiger charge is -2.16. The first-order valence-electron chi connectivity index (χ1n) is 6.49. The minimum Gasteiger partial charge on any atom is -0.364 e. The molecule has 4 heteroatoms. The largest absolute Gasteiger partial charge is 0.364 e. The van der Waals surface area contributed by atoms with Crippen LogP contribution in [0.25, 0.3) is 16.9 Å². The highest BCUT2D eigenvalue weighted by Crippen LogP contribution is 2.30. The van der Waals surface area contributed by atoms with Crippen LogP contribution in [0, 0.1) is 6.92 Å². The monoisotopic (exact) mass is 329 g/mol. The van der Waals surface area contributed by atoms with Gasteiger partial charge in [0.1, 0.15) is 16.2 Å². The molecule has 3 nitrogen and oxygen atoms in total. The number of imidazole rings is 1. The van der Waals surface area contributed by atoms with Crippen molar-refractivity contribution in [3.05, 3.63) is 52.6 Å². The number of anilines is 1. The Labute approximate surface area is 127 Å². The van der Waals surface area contributed by atoms with Gasteiger partial charge in [-0.2, -0.15) is 0 Å². The number of benzene rings is 1. The molecule has 3 aromatic rings. The zero-order valence-electron chi connectivity index (χ0n) is 11.8. The summed E-state index contributed by atoms with van der Waals surface area (Å²) in [4.78, 5) is 6.79. The molecule has 0 unspecified atom stereocenters. The van der Waals surface area contributed by atoms with Gasteiger partial charge in [-0.3, -0.25) is 4.40 Å². The van der Waals surface area contributed by atoms with Gasteiger partial charge in [-0.1, -0.05) is 29.8 Å². The highest BCUT2D eigenvalue weighted by atomic mass is 79.9. The molecular weight excluding hydrogens is 314 g/mol. The van der Waals surface area contributed by atoms with E-state index >= 15 is 0 Å². The summed E-state index contributed by atoms with van der Waals surface area (Å²) in [5, 5.41) is 0. The molecule has 0 saturated heterocycles. The number of nitrogens with zero attached hydrogens (tertiary/aromatic N) is 3. The van der Waals surface area contributed by atoms with E-state index in [1.54, 1.807) is 0 Å². The number of halogens is 1. The summed E-state index contributed by atoms with van der Waals surface area (Å²) in [5.74, 6) is 2.07. The zero-order valence-corrected chi connectivity index (χ0v) is 13.3. The first kappa shape index (κ1) is 13.2. The number of aryl methyl sites for hydroxylation is 1. The third kappa shape index (κ3) is 2.10. The van der Waals surface area contributed by atoms with Crippen LogP contribution in [0.5, 0.6) is 0 Å². The van der Waals surface area contributed by atoms with Gasteiger partial charge >= 0.3 is 0 Å². The number of hydrogen-bond acceptors (Lipinski definition) is 2. The second-order valence-corrected chi connectivity index (χ2v) is 5.85. The Morgan fingerprint density at radius 2 is 1.85 bits per heavy atom. The summed E-state index contributed by atoms with van der Waals surface area (Å²) in [6, 6.07) is 14.6. The lowest BCUT2D eigenvalue weighted by Crippen LogP contribution is -2.13. The van der Waals surface area contributed by atoms with Crippen LogP contribution < -0.4 is 4.90 Å². The van der Waals surface area contributed by atoms with Gasteiger partial charge in [0, 0.05) is 19.7 Å². The SMILES string of the molecule is Cc1cccc(-c2nc(Br)c3cccc(N(C)C)n23)c1. The summed E-state index contributed by atoms with van der Waals surface area (Å²) in [7, 11) is 4.09. The lowest BCUT2D eigenvalue weighted by molar-refractivity contribution is 1.02. The molecule has 0 aliphatic rings. The summed E-state index contributed by atoms with van der Waals surface area (Å²) in [5.41, 5.74) is 3.44. The average molecular weight is 330 g/mol. The number of fused-ring (bicyclic) bond motifs is 1. The summed E-state index contributed by atoms with van der Waals surface area (Å²) in [6.45, 7) is 2.10. The average Bonchev–Trinajstić information content (AvgIpc) is 2.76. The van der Waals surface area contributed by atoms with Crippen LogP contribution in [0.4, 0.5) is 5.82 Å². The van der Waals surface area contributed by atoms with Gasteiger partial charge in [0.05, 0.1) is 5.52 Å². The van der Waals surface area contributed by atoms with Crippen molar-refractivity contribution in [3.63, 3.8) is 0 Å². The molecule has 2 aromatic heterocycles. The van der Waals surface area contributed by atoms with Crippen LogP contribution in [0.3, 0.4) is 0 Å². The number of hydrogen-bond donors (Lipinski definition) is 0. The van der Waals surface area contributed by atoms with Crippen LogP contribution in [-0.4, -0.2) is 23.5 Å². The molecule has 0 amide bonds. The Balaban J connectivity index is 2.36. The first-order valence-corrected chi connectivity index (χ1v) is 7.28. The predicted molar refractivity (Wildman–Crippen MR) is 87.4 cm³/mol. The molecule has 0 atom stereocenters. The Morgan fingerprint density at radius 3 is 2.55 bits per heavy atom. The van der Waals surface area contributed by atoms with E-state index < -0.39 is 0 Å². The van der Waals surface area contributed by atoms with Crippen molar-refractivity contribution in [2.24, 2.45) is 0 Å². The number of pyridine rings is 1. The van der Waals surface area contributed by atoms with E-state index in [0.29, 0.717) is 0 Å². The molecule has 0 spiro atoms. The van der Waals surface area contributed by atoms with Crippen molar-refractivity contribution < 1.29 is 0 Å². The van der Waals surface area contributed by atoms with Crippen molar-refractivity contribution in [2.75, 3.05) is 19.0 Å². The maximum Gasteiger partial charge on any atom is 0.147 e. The van der Waals surface area contributed by atoms with Crippen molar-refractivity contribution in [1.82, 2.24) is 9.38 Å². The predicted octanol–water partition coefficient (Wildman–Crippen LogP) is 4.14. The Bertz CT molecular complexity index is 774. The summed E-state index contributed by atoms with van der Waals surface area (Å²) >= 11 is 3.57. The molecule has 0 aliphatic heterocycles. The molecule has 20 heavy (non-hydrogen) atoms. The molecule has 0 aliphatic carbocycles. The van der Waals surface area contributed by atoms with Gasteiger partial charge < -0.3 is 4.90 Å². The normalized spacial score (nSPS) is 11.0.